The third-order valence-electron chi connectivity index (χ3n) is 10.2. The number of aliphatic hydroxyl groups excluding tert-OH is 1. The van der Waals surface area contributed by atoms with Crippen molar-refractivity contribution in [1.82, 2.24) is 4.90 Å². The van der Waals surface area contributed by atoms with Crippen molar-refractivity contribution >= 4 is 29.3 Å². The average Bonchev–Trinajstić information content (AvgIpc) is 3.51. The molecule has 2 aromatic carbocycles. The van der Waals surface area contributed by atoms with Crippen LogP contribution in [0.1, 0.15) is 60.8 Å². The molecule has 1 amide bonds. The number of nitrogens with zero attached hydrogens (tertiary/aromatic N) is 2. The van der Waals surface area contributed by atoms with E-state index in [1.54, 1.807) is 7.11 Å². The molecule has 11 nitrogen and oxygen atoms in total. The summed E-state index contributed by atoms with van der Waals surface area (Å²) in [5.74, 6) is -0.561. The number of benzene rings is 2. The van der Waals surface area contributed by atoms with Crippen molar-refractivity contribution in [1.29, 1.82) is 0 Å². The van der Waals surface area contributed by atoms with E-state index >= 15 is 0 Å². The van der Waals surface area contributed by atoms with Crippen LogP contribution in [0.3, 0.4) is 0 Å². The van der Waals surface area contributed by atoms with Gasteiger partial charge in [-0.2, -0.15) is 0 Å². The Bertz CT molecular complexity index is 1650. The SMILES string of the molecule is COc1ccc2c3c1O[C@H]1C[C@@H](O)C=C[C@@]31CCN(CCCCCC(=O)C1Cc3cccc4c3N(C1)C(=O)C4)C2.O=C(O)C=CC(=O)O. The Labute approximate surface area is 279 Å². The minimum absolute atomic E-state index is 0.0716. The maximum atomic E-state index is 13.1. The lowest BCUT2D eigenvalue weighted by Gasteiger charge is -2.36. The lowest BCUT2D eigenvalue weighted by Crippen LogP contribution is -2.43. The minimum Gasteiger partial charge on any atom is -0.493 e. The number of ketones is 1. The number of unbranched alkanes of at least 4 members (excludes halogenated alkanes) is 2. The number of ether oxygens (including phenoxy) is 2. The predicted molar refractivity (Wildman–Crippen MR) is 176 cm³/mol. The molecule has 0 bridgehead atoms. The van der Waals surface area contributed by atoms with Gasteiger partial charge in [0.25, 0.3) is 0 Å². The van der Waals surface area contributed by atoms with Crippen LogP contribution in [0.4, 0.5) is 5.69 Å². The molecule has 2 aromatic rings. The zero-order valence-corrected chi connectivity index (χ0v) is 27.1. The van der Waals surface area contributed by atoms with Crippen LogP contribution in [-0.4, -0.2) is 82.8 Å². The second-order valence-electron chi connectivity index (χ2n) is 13.3. The van der Waals surface area contributed by atoms with Gasteiger partial charge in [-0.3, -0.25) is 14.5 Å². The Balaban J connectivity index is 0.000000449. The molecule has 5 aliphatic rings. The number of carboxylic acid groups (broad SMARTS) is 2. The topological polar surface area (TPSA) is 154 Å². The zero-order valence-electron chi connectivity index (χ0n) is 27.1. The number of aliphatic carboxylic acids is 2. The molecule has 0 saturated heterocycles. The summed E-state index contributed by atoms with van der Waals surface area (Å²) in [5, 5.41) is 25.9. The van der Waals surface area contributed by atoms with E-state index in [1.165, 1.54) is 11.1 Å². The number of para-hydroxylation sites is 1. The molecule has 11 heteroatoms. The number of amides is 1. The fourth-order valence-electron chi connectivity index (χ4n) is 7.98. The molecular formula is C37H42N2O9. The lowest BCUT2D eigenvalue weighted by atomic mass is 9.69. The van der Waals surface area contributed by atoms with E-state index in [-0.39, 0.29) is 23.3 Å². The first-order valence-electron chi connectivity index (χ1n) is 16.6. The number of carboxylic acids is 2. The molecule has 1 aliphatic carbocycles. The molecule has 3 N–H and O–H groups in total. The molecule has 0 aromatic heterocycles. The van der Waals surface area contributed by atoms with Gasteiger partial charge in [0, 0.05) is 49.6 Å². The first kappa shape index (κ1) is 33.4. The van der Waals surface area contributed by atoms with Gasteiger partial charge in [0.05, 0.1) is 30.7 Å². The van der Waals surface area contributed by atoms with Gasteiger partial charge in [-0.15, -0.1) is 0 Å². The number of carbonyl (C=O) groups is 4. The van der Waals surface area contributed by atoms with Crippen LogP contribution in [0.15, 0.2) is 54.6 Å². The Morgan fingerprint density at radius 3 is 2.56 bits per heavy atom. The summed E-state index contributed by atoms with van der Waals surface area (Å²) in [6.07, 6.45) is 11.0. The van der Waals surface area contributed by atoms with E-state index < -0.39 is 18.0 Å². The third kappa shape index (κ3) is 6.61. The van der Waals surface area contributed by atoms with Gasteiger partial charge in [0.2, 0.25) is 5.91 Å². The number of hydrogen-bond acceptors (Lipinski definition) is 8. The average molecular weight is 659 g/mol. The highest BCUT2D eigenvalue weighted by molar-refractivity contribution is 6.03. The smallest absolute Gasteiger partial charge is 0.328 e. The molecule has 0 fully saturated rings. The molecule has 254 valence electrons. The van der Waals surface area contributed by atoms with Crippen molar-refractivity contribution in [2.75, 3.05) is 31.6 Å². The second kappa shape index (κ2) is 13.9. The molecule has 4 heterocycles. The standard InChI is InChI=1S/C33H38N2O5.C4H4O4/c1-39-27-10-9-23-19-34(15-13-33-12-11-25(36)18-28(33)40-32(27)30(23)33)14-4-2-3-8-26(37)24-16-21-6-5-7-22-17-29(38)35(20-24)31(21)22;5-3(6)1-2-4(7)8/h5-7,9-12,24-25,28,36H,2-4,8,13-20H2,1H3;1-2H,(H,5,6)(H,7,8)/t24?,25-,28-,33-;/m0./s1. The summed E-state index contributed by atoms with van der Waals surface area (Å²) in [5.41, 5.74) is 5.64. The van der Waals surface area contributed by atoms with Crippen LogP contribution >= 0.6 is 0 Å². The van der Waals surface area contributed by atoms with Crippen molar-refractivity contribution in [3.8, 4) is 11.5 Å². The van der Waals surface area contributed by atoms with Gasteiger partial charge in [0.15, 0.2) is 11.5 Å². The molecule has 0 saturated carbocycles. The minimum atomic E-state index is -1.26. The zero-order chi connectivity index (χ0) is 34.0. The Morgan fingerprint density at radius 2 is 1.81 bits per heavy atom. The Morgan fingerprint density at radius 1 is 1.04 bits per heavy atom. The lowest BCUT2D eigenvalue weighted by molar-refractivity contribution is -0.134. The summed E-state index contributed by atoms with van der Waals surface area (Å²) < 4.78 is 12.1. The van der Waals surface area contributed by atoms with Gasteiger partial charge in [0.1, 0.15) is 11.9 Å². The van der Waals surface area contributed by atoms with Crippen molar-refractivity contribution in [2.24, 2.45) is 5.92 Å². The van der Waals surface area contributed by atoms with E-state index in [0.717, 1.165) is 80.1 Å². The molecule has 0 radical (unpaired) electrons. The number of Topliss-reactive ketones (excluding diaryl/α,β-unsaturated/α-hetero) is 1. The molecule has 1 unspecified atom stereocenters. The van der Waals surface area contributed by atoms with E-state index in [1.807, 2.05) is 29.2 Å². The highest BCUT2D eigenvalue weighted by Crippen LogP contribution is 2.55. The number of rotatable bonds is 10. The maximum absolute atomic E-state index is 13.1. The number of methoxy groups -OCH3 is 1. The fraction of sp³-hybridized carbons (Fsp3) is 0.459. The number of hydrogen-bond donors (Lipinski definition) is 3. The van der Waals surface area contributed by atoms with Gasteiger partial charge in [-0.25, -0.2) is 9.59 Å². The molecular weight excluding hydrogens is 616 g/mol. The fourth-order valence-corrected chi connectivity index (χ4v) is 7.98. The van der Waals surface area contributed by atoms with Crippen LogP contribution in [0.25, 0.3) is 0 Å². The monoisotopic (exact) mass is 658 g/mol. The number of carbonyl (C=O) groups excluding carboxylic acids is 2. The quantitative estimate of drug-likeness (QED) is 0.195. The molecule has 7 rings (SSSR count). The van der Waals surface area contributed by atoms with Gasteiger partial charge < -0.3 is 29.7 Å². The molecule has 4 atom stereocenters. The normalized spacial score (nSPS) is 24.9. The van der Waals surface area contributed by atoms with Crippen molar-refractivity contribution in [3.63, 3.8) is 0 Å². The van der Waals surface area contributed by atoms with Gasteiger partial charge in [-0.05, 0) is 61.5 Å². The van der Waals surface area contributed by atoms with Gasteiger partial charge in [-0.1, -0.05) is 42.8 Å². The number of aliphatic hydroxyl groups is 1. The van der Waals surface area contributed by atoms with Crippen LogP contribution < -0.4 is 14.4 Å². The van der Waals surface area contributed by atoms with E-state index in [2.05, 4.69) is 23.1 Å². The van der Waals surface area contributed by atoms with E-state index in [0.29, 0.717) is 43.7 Å². The summed E-state index contributed by atoms with van der Waals surface area (Å²) in [6, 6.07) is 10.3. The highest BCUT2D eigenvalue weighted by Gasteiger charge is 2.52. The van der Waals surface area contributed by atoms with Crippen LogP contribution in [0.5, 0.6) is 11.5 Å². The maximum Gasteiger partial charge on any atom is 0.328 e. The van der Waals surface area contributed by atoms with Crippen LogP contribution in [0.2, 0.25) is 0 Å². The summed E-state index contributed by atoms with van der Waals surface area (Å²) >= 11 is 0. The Hall–Kier alpha value is -4.48. The predicted octanol–water partition coefficient (Wildman–Crippen LogP) is 3.82. The number of anilines is 1. The van der Waals surface area contributed by atoms with Crippen LogP contribution in [-0.2, 0) is 44.0 Å². The molecule has 1 spiro atoms. The van der Waals surface area contributed by atoms with Crippen molar-refractivity contribution < 1.29 is 44.0 Å². The van der Waals surface area contributed by atoms with Crippen molar-refractivity contribution in [3.05, 3.63) is 76.9 Å². The molecule has 4 aliphatic heterocycles. The largest absolute Gasteiger partial charge is 0.493 e. The van der Waals surface area contributed by atoms with Crippen molar-refractivity contribution in [2.45, 2.75) is 75.5 Å². The first-order valence-corrected chi connectivity index (χ1v) is 16.6. The van der Waals surface area contributed by atoms with Crippen LogP contribution in [0, 0.1) is 5.92 Å². The Kier molecular flexibility index (Phi) is 9.70. The van der Waals surface area contributed by atoms with Gasteiger partial charge >= 0.3 is 11.9 Å². The highest BCUT2D eigenvalue weighted by atomic mass is 16.5. The molecule has 48 heavy (non-hydrogen) atoms. The summed E-state index contributed by atoms with van der Waals surface area (Å²) in [7, 11) is 1.68. The van der Waals surface area contributed by atoms with E-state index in [4.69, 9.17) is 19.7 Å². The first-order chi connectivity index (χ1) is 23.1. The van der Waals surface area contributed by atoms with E-state index in [9.17, 15) is 24.3 Å². The third-order valence-corrected chi connectivity index (χ3v) is 10.2. The summed E-state index contributed by atoms with van der Waals surface area (Å²) in [4.78, 5) is 49.1. The second-order valence-corrected chi connectivity index (χ2v) is 13.3. The summed E-state index contributed by atoms with van der Waals surface area (Å²) in [6.45, 7) is 3.36.